The Morgan fingerprint density at radius 1 is 0.562 bits per heavy atom. The van der Waals surface area contributed by atoms with Gasteiger partial charge in [-0.1, -0.05) is 36.4 Å². The van der Waals surface area contributed by atoms with E-state index in [2.05, 4.69) is 0 Å². The summed E-state index contributed by atoms with van der Waals surface area (Å²) >= 11 is 0. The molecular weight excluding hydrogens is 267 g/mol. The summed E-state index contributed by atoms with van der Waals surface area (Å²) in [7, 11) is 0. The van der Waals surface area contributed by atoms with Gasteiger partial charge < -0.3 is 22.6 Å². The SMILES string of the molecule is Oc1ccccc1.Oc1ccccc1.[Cl-].[Fe]. The summed E-state index contributed by atoms with van der Waals surface area (Å²) in [6, 6.07) is 17.4. The second-order valence-electron chi connectivity index (χ2n) is 2.67. The number of phenolic OH excluding ortho intramolecular Hbond substituents is 2. The quantitative estimate of drug-likeness (QED) is 0.655. The number of benzene rings is 2. The Kier molecular flexibility index (Phi) is 11.2. The average molecular weight is 280 g/mol. The third-order valence-corrected chi connectivity index (χ3v) is 1.51. The maximum atomic E-state index is 8.63. The van der Waals surface area contributed by atoms with Gasteiger partial charge in [-0.05, 0) is 24.3 Å². The van der Waals surface area contributed by atoms with Gasteiger partial charge in [0.2, 0.25) is 0 Å². The molecule has 2 N–H and O–H groups in total. The zero-order valence-corrected chi connectivity index (χ0v) is 10.3. The van der Waals surface area contributed by atoms with Crippen molar-refractivity contribution in [2.75, 3.05) is 0 Å². The van der Waals surface area contributed by atoms with Gasteiger partial charge in [-0.15, -0.1) is 0 Å². The molecule has 0 spiro atoms. The normalized spacial score (nSPS) is 7.50. The van der Waals surface area contributed by atoms with E-state index in [1.165, 1.54) is 0 Å². The fourth-order valence-electron chi connectivity index (χ4n) is 0.856. The van der Waals surface area contributed by atoms with Gasteiger partial charge in [0.25, 0.3) is 0 Å². The Balaban J connectivity index is 0. The smallest absolute Gasteiger partial charge is 0.115 e. The second-order valence-corrected chi connectivity index (χ2v) is 2.67. The van der Waals surface area contributed by atoms with Crippen molar-refractivity contribution in [2.45, 2.75) is 0 Å². The summed E-state index contributed by atoms with van der Waals surface area (Å²) in [6.45, 7) is 0. The molecule has 0 saturated heterocycles. The molecule has 0 heterocycles. The summed E-state index contributed by atoms with van der Waals surface area (Å²) in [5.41, 5.74) is 0. The van der Waals surface area contributed by atoms with Crippen LogP contribution < -0.4 is 12.4 Å². The predicted molar refractivity (Wildman–Crippen MR) is 56.2 cm³/mol. The van der Waals surface area contributed by atoms with Crippen LogP contribution in [0.25, 0.3) is 0 Å². The van der Waals surface area contributed by atoms with Crippen molar-refractivity contribution >= 4 is 0 Å². The average Bonchev–Trinajstić information content (AvgIpc) is 2.21. The molecule has 4 heteroatoms. The first-order valence-electron chi connectivity index (χ1n) is 4.27. The van der Waals surface area contributed by atoms with E-state index in [0.29, 0.717) is 11.5 Å². The summed E-state index contributed by atoms with van der Waals surface area (Å²) in [5.74, 6) is 0.644. The molecule has 0 atom stereocenters. The Morgan fingerprint density at radius 2 is 0.812 bits per heavy atom. The number of hydrogen-bond donors (Lipinski definition) is 2. The van der Waals surface area contributed by atoms with Gasteiger partial charge >= 0.3 is 0 Å². The van der Waals surface area contributed by atoms with Crippen LogP contribution in [0.1, 0.15) is 0 Å². The molecule has 2 aromatic rings. The molecule has 0 radical (unpaired) electrons. The molecule has 0 saturated carbocycles. The third-order valence-electron chi connectivity index (χ3n) is 1.51. The van der Waals surface area contributed by atoms with Gasteiger partial charge in [0.15, 0.2) is 0 Å². The van der Waals surface area contributed by atoms with Gasteiger partial charge in [-0.25, -0.2) is 0 Å². The maximum absolute atomic E-state index is 8.63. The van der Waals surface area contributed by atoms with Crippen LogP contribution in [0.4, 0.5) is 0 Å². The van der Waals surface area contributed by atoms with Crippen LogP contribution in [-0.4, -0.2) is 10.2 Å². The molecule has 0 bridgehead atoms. The fraction of sp³-hybridized carbons (Fsp3) is 0. The molecule has 0 amide bonds. The monoisotopic (exact) mass is 279 g/mol. The molecule has 0 unspecified atom stereocenters. The molecule has 0 aromatic heterocycles. The van der Waals surface area contributed by atoms with Crippen molar-refractivity contribution in [2.24, 2.45) is 0 Å². The van der Waals surface area contributed by atoms with Gasteiger partial charge in [0.1, 0.15) is 11.5 Å². The first-order valence-corrected chi connectivity index (χ1v) is 4.27. The van der Waals surface area contributed by atoms with E-state index in [9.17, 15) is 0 Å². The minimum absolute atomic E-state index is 0. The maximum Gasteiger partial charge on any atom is 0.115 e. The molecule has 88 valence electrons. The van der Waals surface area contributed by atoms with Crippen molar-refractivity contribution in [3.8, 4) is 11.5 Å². The Morgan fingerprint density at radius 3 is 0.938 bits per heavy atom. The molecule has 0 fully saturated rings. The minimum Gasteiger partial charge on any atom is -1.00 e. The Bertz CT molecular complexity index is 316. The molecular formula is C12H12ClFeO2-. The number of hydrogen-bond acceptors (Lipinski definition) is 2. The second kappa shape index (κ2) is 10.4. The Labute approximate surface area is 112 Å². The van der Waals surface area contributed by atoms with Crippen LogP contribution in [0.15, 0.2) is 60.7 Å². The number of para-hydroxylation sites is 2. The van der Waals surface area contributed by atoms with Crippen molar-refractivity contribution < 1.29 is 39.7 Å². The summed E-state index contributed by atoms with van der Waals surface area (Å²) in [5, 5.41) is 17.3. The van der Waals surface area contributed by atoms with E-state index in [0.717, 1.165) is 0 Å². The van der Waals surface area contributed by atoms with Gasteiger partial charge in [0, 0.05) is 17.1 Å². The molecule has 2 rings (SSSR count). The third kappa shape index (κ3) is 8.18. The molecule has 0 aliphatic heterocycles. The van der Waals surface area contributed by atoms with Crippen LogP contribution in [0.2, 0.25) is 0 Å². The number of halogens is 1. The van der Waals surface area contributed by atoms with Crippen molar-refractivity contribution in [3.63, 3.8) is 0 Å². The standard InChI is InChI=1S/2C6H6O.ClH.Fe/c2*7-6-4-2-1-3-5-6;;/h2*1-5,7H;1H;/p-1. The summed E-state index contributed by atoms with van der Waals surface area (Å²) in [6.07, 6.45) is 0. The number of rotatable bonds is 0. The van der Waals surface area contributed by atoms with E-state index in [1.54, 1.807) is 48.5 Å². The van der Waals surface area contributed by atoms with Crippen molar-refractivity contribution in [1.29, 1.82) is 0 Å². The van der Waals surface area contributed by atoms with E-state index < -0.39 is 0 Å². The van der Waals surface area contributed by atoms with E-state index in [1.807, 2.05) is 12.1 Å². The van der Waals surface area contributed by atoms with Crippen LogP contribution in [0.5, 0.6) is 11.5 Å². The minimum atomic E-state index is 0. The van der Waals surface area contributed by atoms with Crippen LogP contribution >= 0.6 is 0 Å². The van der Waals surface area contributed by atoms with E-state index >= 15 is 0 Å². The van der Waals surface area contributed by atoms with Crippen LogP contribution in [0, 0.1) is 0 Å². The summed E-state index contributed by atoms with van der Waals surface area (Å²) in [4.78, 5) is 0. The van der Waals surface area contributed by atoms with E-state index in [-0.39, 0.29) is 29.5 Å². The van der Waals surface area contributed by atoms with Crippen molar-refractivity contribution in [1.82, 2.24) is 0 Å². The van der Waals surface area contributed by atoms with Gasteiger partial charge in [-0.3, -0.25) is 0 Å². The number of phenols is 2. The zero-order valence-electron chi connectivity index (χ0n) is 8.40. The zero-order chi connectivity index (χ0) is 10.2. The Hall–Kier alpha value is -1.15. The van der Waals surface area contributed by atoms with Gasteiger partial charge in [-0.2, -0.15) is 0 Å². The van der Waals surface area contributed by atoms with E-state index in [4.69, 9.17) is 10.2 Å². The molecule has 2 aromatic carbocycles. The molecule has 0 aliphatic carbocycles. The van der Waals surface area contributed by atoms with Gasteiger partial charge in [0.05, 0.1) is 0 Å². The molecule has 2 nitrogen and oxygen atoms in total. The van der Waals surface area contributed by atoms with Crippen LogP contribution in [-0.2, 0) is 17.1 Å². The summed E-state index contributed by atoms with van der Waals surface area (Å²) < 4.78 is 0. The molecule has 0 aliphatic rings. The van der Waals surface area contributed by atoms with Crippen LogP contribution in [0.3, 0.4) is 0 Å². The topological polar surface area (TPSA) is 40.5 Å². The first-order chi connectivity index (χ1) is 6.79. The first kappa shape index (κ1) is 17.3. The fourth-order valence-corrected chi connectivity index (χ4v) is 0.856. The number of aromatic hydroxyl groups is 2. The largest absolute Gasteiger partial charge is 1.00 e. The predicted octanol–water partition coefficient (Wildman–Crippen LogP) is -0.214. The van der Waals surface area contributed by atoms with Crippen molar-refractivity contribution in [3.05, 3.63) is 60.7 Å². The molecule has 16 heavy (non-hydrogen) atoms.